The van der Waals surface area contributed by atoms with E-state index in [-0.39, 0.29) is 5.91 Å². The summed E-state index contributed by atoms with van der Waals surface area (Å²) in [5, 5.41) is 3.95. The minimum Gasteiger partial charge on any atom is -0.493 e. The molecule has 3 aromatic carbocycles. The first-order valence-electron chi connectivity index (χ1n) is 11.7. The lowest BCUT2D eigenvalue weighted by atomic mass is 9.96. The maximum absolute atomic E-state index is 12.8. The van der Waals surface area contributed by atoms with Crippen LogP contribution in [0.4, 0.5) is 5.69 Å². The van der Waals surface area contributed by atoms with Crippen molar-refractivity contribution < 1.29 is 13.9 Å². The van der Waals surface area contributed by atoms with Crippen LogP contribution in [0.1, 0.15) is 43.0 Å². The molecule has 174 valence electrons. The van der Waals surface area contributed by atoms with Crippen LogP contribution in [0, 0.1) is 13.8 Å². The summed E-state index contributed by atoms with van der Waals surface area (Å²) in [5.41, 5.74) is 9.05. The third-order valence-corrected chi connectivity index (χ3v) is 6.05. The first-order chi connectivity index (χ1) is 16.4. The molecule has 0 saturated carbocycles. The zero-order chi connectivity index (χ0) is 24.2. The minimum atomic E-state index is -0.175. The number of rotatable bonds is 7. The third kappa shape index (κ3) is 4.91. The lowest BCUT2D eigenvalue weighted by Crippen LogP contribution is -2.08. The van der Waals surface area contributed by atoms with Crippen LogP contribution in [0.3, 0.4) is 0 Å². The molecule has 4 heteroatoms. The Morgan fingerprint density at radius 1 is 1.00 bits per heavy atom. The van der Waals surface area contributed by atoms with Crippen molar-refractivity contribution in [2.24, 2.45) is 0 Å². The van der Waals surface area contributed by atoms with E-state index in [4.69, 9.17) is 9.15 Å². The molecule has 34 heavy (non-hydrogen) atoms. The maximum atomic E-state index is 12.8. The molecule has 0 spiro atoms. The third-order valence-electron chi connectivity index (χ3n) is 6.05. The molecule has 1 aromatic heterocycles. The van der Waals surface area contributed by atoms with Gasteiger partial charge in [-0.3, -0.25) is 4.79 Å². The van der Waals surface area contributed by atoms with Crippen molar-refractivity contribution in [2.45, 2.75) is 41.0 Å². The van der Waals surface area contributed by atoms with E-state index in [1.807, 2.05) is 44.2 Å². The molecule has 0 aliphatic rings. The highest BCUT2D eigenvalue weighted by Gasteiger charge is 2.16. The van der Waals surface area contributed by atoms with Gasteiger partial charge in [-0.25, -0.2) is 0 Å². The molecule has 0 bridgehead atoms. The number of hydrogen-bond donors (Lipinski definition) is 1. The van der Waals surface area contributed by atoms with Crippen LogP contribution in [-0.4, -0.2) is 12.5 Å². The SMILES string of the molecule is CCOc1cc2occ(-c3ccc(C)cc3C)c2cc1/C(C)=C/C(=O)Nc1ccc(CC)cc1. The Morgan fingerprint density at radius 3 is 2.44 bits per heavy atom. The van der Waals surface area contributed by atoms with Gasteiger partial charge in [0.05, 0.1) is 12.9 Å². The summed E-state index contributed by atoms with van der Waals surface area (Å²) in [5.74, 6) is 0.525. The number of fused-ring (bicyclic) bond motifs is 1. The molecule has 0 aliphatic carbocycles. The van der Waals surface area contributed by atoms with Gasteiger partial charge in [0.2, 0.25) is 5.91 Å². The first-order valence-corrected chi connectivity index (χ1v) is 11.7. The number of benzene rings is 3. The number of amides is 1. The van der Waals surface area contributed by atoms with Crippen LogP contribution in [-0.2, 0) is 11.2 Å². The van der Waals surface area contributed by atoms with Crippen molar-refractivity contribution in [2.75, 3.05) is 11.9 Å². The van der Waals surface area contributed by atoms with Gasteiger partial charge in [-0.2, -0.15) is 0 Å². The van der Waals surface area contributed by atoms with Gasteiger partial charge in [0, 0.05) is 34.3 Å². The molecule has 0 fully saturated rings. The van der Waals surface area contributed by atoms with Gasteiger partial charge in [0.1, 0.15) is 11.3 Å². The predicted octanol–water partition coefficient (Wildman–Crippen LogP) is 7.72. The molecule has 0 radical (unpaired) electrons. The van der Waals surface area contributed by atoms with Crippen molar-refractivity contribution in [1.82, 2.24) is 0 Å². The molecular formula is C30H31NO3. The van der Waals surface area contributed by atoms with Gasteiger partial charge < -0.3 is 14.5 Å². The standard InChI is InChI=1S/C30H31NO3/c1-6-22-9-11-23(12-10-22)31-30(32)15-21(5)25-16-26-27(24-13-8-19(3)14-20(24)4)18-34-29(26)17-28(25)33-7-2/h8-18H,6-7H2,1-5H3,(H,31,32)/b21-15+. The largest absolute Gasteiger partial charge is 0.493 e. The summed E-state index contributed by atoms with van der Waals surface area (Å²) in [6, 6.07) is 18.3. The number of carbonyl (C=O) groups is 1. The fourth-order valence-corrected chi connectivity index (χ4v) is 4.24. The van der Waals surface area contributed by atoms with Crippen molar-refractivity contribution >= 4 is 28.1 Å². The average molecular weight is 454 g/mol. The monoisotopic (exact) mass is 453 g/mol. The normalized spacial score (nSPS) is 11.6. The highest BCUT2D eigenvalue weighted by molar-refractivity contribution is 6.05. The number of hydrogen-bond acceptors (Lipinski definition) is 3. The maximum Gasteiger partial charge on any atom is 0.248 e. The van der Waals surface area contributed by atoms with Gasteiger partial charge in [0.25, 0.3) is 0 Å². The van der Waals surface area contributed by atoms with E-state index in [9.17, 15) is 4.79 Å². The van der Waals surface area contributed by atoms with E-state index >= 15 is 0 Å². The van der Waals surface area contributed by atoms with Crippen molar-refractivity contribution in [3.05, 3.63) is 89.2 Å². The van der Waals surface area contributed by atoms with Crippen molar-refractivity contribution in [1.29, 1.82) is 0 Å². The molecule has 0 atom stereocenters. The Morgan fingerprint density at radius 2 is 1.76 bits per heavy atom. The lowest BCUT2D eigenvalue weighted by Gasteiger charge is -2.12. The molecule has 1 heterocycles. The lowest BCUT2D eigenvalue weighted by molar-refractivity contribution is -0.111. The number of allylic oxidation sites excluding steroid dienone is 1. The molecule has 0 saturated heterocycles. The second-order valence-electron chi connectivity index (χ2n) is 8.61. The smallest absolute Gasteiger partial charge is 0.248 e. The molecule has 0 unspecified atom stereocenters. The van der Waals surface area contributed by atoms with Crippen LogP contribution in [0.2, 0.25) is 0 Å². The second-order valence-corrected chi connectivity index (χ2v) is 8.61. The van der Waals surface area contributed by atoms with E-state index < -0.39 is 0 Å². The Bertz CT molecular complexity index is 1360. The van der Waals surface area contributed by atoms with Crippen LogP contribution in [0.15, 0.2) is 71.4 Å². The number of nitrogens with one attached hydrogen (secondary N) is 1. The van der Waals surface area contributed by atoms with Crippen molar-refractivity contribution in [3.8, 4) is 16.9 Å². The summed E-state index contributed by atoms with van der Waals surface area (Å²) in [6.45, 7) is 10.7. The zero-order valence-electron chi connectivity index (χ0n) is 20.5. The van der Waals surface area contributed by atoms with E-state index in [1.165, 1.54) is 16.7 Å². The average Bonchev–Trinajstić information content (AvgIpc) is 3.21. The Labute approximate surface area is 201 Å². The van der Waals surface area contributed by atoms with E-state index in [0.717, 1.165) is 45.3 Å². The Balaban J connectivity index is 1.71. The molecule has 0 aliphatic heterocycles. The van der Waals surface area contributed by atoms with Crippen LogP contribution >= 0.6 is 0 Å². The molecule has 4 aromatic rings. The summed E-state index contributed by atoms with van der Waals surface area (Å²) in [4.78, 5) is 12.8. The Hall–Kier alpha value is -3.79. The summed E-state index contributed by atoms with van der Waals surface area (Å²) < 4.78 is 11.8. The molecule has 1 amide bonds. The van der Waals surface area contributed by atoms with E-state index in [2.05, 4.69) is 50.4 Å². The second kappa shape index (κ2) is 10.0. The van der Waals surface area contributed by atoms with Gasteiger partial charge in [-0.15, -0.1) is 0 Å². The van der Waals surface area contributed by atoms with E-state index in [0.29, 0.717) is 12.4 Å². The number of carbonyl (C=O) groups excluding carboxylic acids is 1. The highest BCUT2D eigenvalue weighted by atomic mass is 16.5. The topological polar surface area (TPSA) is 51.5 Å². The Kier molecular flexibility index (Phi) is 6.87. The molecule has 4 rings (SSSR count). The fourth-order valence-electron chi connectivity index (χ4n) is 4.24. The molecule has 4 nitrogen and oxygen atoms in total. The number of furan rings is 1. The molecular weight excluding hydrogens is 422 g/mol. The highest BCUT2D eigenvalue weighted by Crippen LogP contribution is 2.38. The fraction of sp³-hybridized carbons (Fsp3) is 0.233. The minimum absolute atomic E-state index is 0.175. The van der Waals surface area contributed by atoms with Crippen LogP contribution < -0.4 is 10.1 Å². The van der Waals surface area contributed by atoms with Crippen molar-refractivity contribution in [3.63, 3.8) is 0 Å². The van der Waals surface area contributed by atoms with Crippen LogP contribution in [0.25, 0.3) is 27.7 Å². The summed E-state index contributed by atoms with van der Waals surface area (Å²) in [6.07, 6.45) is 4.38. The van der Waals surface area contributed by atoms with Gasteiger partial charge >= 0.3 is 0 Å². The predicted molar refractivity (Wildman–Crippen MR) is 140 cm³/mol. The number of anilines is 1. The van der Waals surface area contributed by atoms with Gasteiger partial charge in [-0.05, 0) is 74.6 Å². The van der Waals surface area contributed by atoms with Gasteiger partial charge in [-0.1, -0.05) is 42.8 Å². The van der Waals surface area contributed by atoms with Gasteiger partial charge in [0.15, 0.2) is 0 Å². The van der Waals surface area contributed by atoms with E-state index in [1.54, 1.807) is 12.3 Å². The summed E-state index contributed by atoms with van der Waals surface area (Å²) >= 11 is 0. The first kappa shape index (κ1) is 23.4. The summed E-state index contributed by atoms with van der Waals surface area (Å²) in [7, 11) is 0. The van der Waals surface area contributed by atoms with Crippen LogP contribution in [0.5, 0.6) is 5.75 Å². The number of ether oxygens (including phenoxy) is 1. The molecule has 1 N–H and O–H groups in total. The number of aryl methyl sites for hydroxylation is 3. The quantitative estimate of drug-likeness (QED) is 0.291. The zero-order valence-corrected chi connectivity index (χ0v) is 20.5.